The molecule has 27 heavy (non-hydrogen) atoms. The molecule has 7 nitrogen and oxygen atoms in total. The van der Waals surface area contributed by atoms with E-state index in [2.05, 4.69) is 15.8 Å². The normalized spacial score (nSPS) is 17.4. The molecule has 1 fully saturated rings. The van der Waals surface area contributed by atoms with Gasteiger partial charge in [0.05, 0.1) is 12.8 Å². The van der Waals surface area contributed by atoms with E-state index < -0.39 is 0 Å². The van der Waals surface area contributed by atoms with E-state index in [1.807, 2.05) is 29.2 Å². The van der Waals surface area contributed by atoms with Gasteiger partial charge in [-0.25, -0.2) is 4.99 Å². The van der Waals surface area contributed by atoms with Crippen LogP contribution in [0.5, 0.6) is 5.75 Å². The number of hydrogen-bond acceptors (Lipinski definition) is 5. The number of fused-ring (bicyclic) bond motifs is 2. The van der Waals surface area contributed by atoms with Crippen LogP contribution in [0.25, 0.3) is 0 Å². The van der Waals surface area contributed by atoms with Crippen molar-refractivity contribution in [3.63, 3.8) is 0 Å². The number of amides is 2. The Bertz CT molecular complexity index is 908. The van der Waals surface area contributed by atoms with Crippen molar-refractivity contribution >= 4 is 23.3 Å². The molecule has 138 valence electrons. The second-order valence-electron chi connectivity index (χ2n) is 6.51. The van der Waals surface area contributed by atoms with E-state index in [0.29, 0.717) is 24.3 Å². The molecule has 2 amide bonds. The Labute approximate surface area is 157 Å². The number of aliphatic imine (C=N–C) groups is 1. The van der Waals surface area contributed by atoms with E-state index in [9.17, 15) is 9.59 Å². The highest BCUT2D eigenvalue weighted by Gasteiger charge is 2.36. The Kier molecular flexibility index (Phi) is 4.50. The van der Waals surface area contributed by atoms with Crippen LogP contribution in [0.4, 0.5) is 5.69 Å². The summed E-state index contributed by atoms with van der Waals surface area (Å²) in [5.74, 6) is 0.984. The molecule has 2 heterocycles. The minimum absolute atomic E-state index is 0.235. The highest BCUT2D eigenvalue weighted by molar-refractivity contribution is 5.98. The maximum absolute atomic E-state index is 12.6. The highest BCUT2D eigenvalue weighted by Crippen LogP contribution is 2.32. The molecule has 2 N–H and O–H groups in total. The molecular formula is C20H20N4O3. The van der Waals surface area contributed by atoms with Crippen LogP contribution in [0.15, 0.2) is 53.5 Å². The fourth-order valence-electron chi connectivity index (χ4n) is 3.43. The minimum Gasteiger partial charge on any atom is -0.497 e. The number of methoxy groups -OCH3 is 1. The number of hydrogen-bond donors (Lipinski definition) is 2. The third-order valence-electron chi connectivity index (χ3n) is 4.89. The Balaban J connectivity index is 1.38. The second-order valence-corrected chi connectivity index (χ2v) is 6.51. The third-order valence-corrected chi connectivity index (χ3v) is 4.89. The lowest BCUT2D eigenvalue weighted by atomic mass is 10.1. The minimum atomic E-state index is -0.373. The van der Waals surface area contributed by atoms with Gasteiger partial charge >= 0.3 is 0 Å². The lowest BCUT2D eigenvalue weighted by Gasteiger charge is -2.29. The number of para-hydroxylation sites is 1. The predicted molar refractivity (Wildman–Crippen MR) is 101 cm³/mol. The van der Waals surface area contributed by atoms with Crippen LogP contribution in [0.1, 0.15) is 28.8 Å². The molecule has 0 aromatic heterocycles. The van der Waals surface area contributed by atoms with E-state index in [1.54, 1.807) is 31.4 Å². The number of benzene rings is 2. The van der Waals surface area contributed by atoms with Crippen LogP contribution in [0, 0.1) is 0 Å². The van der Waals surface area contributed by atoms with Crippen molar-refractivity contribution < 1.29 is 14.3 Å². The van der Waals surface area contributed by atoms with E-state index in [4.69, 9.17) is 4.74 Å². The van der Waals surface area contributed by atoms with Gasteiger partial charge in [-0.3, -0.25) is 20.4 Å². The quantitative estimate of drug-likeness (QED) is 0.818. The topological polar surface area (TPSA) is 83.0 Å². The number of hydrazine groups is 1. The van der Waals surface area contributed by atoms with E-state index in [1.165, 1.54) is 0 Å². The van der Waals surface area contributed by atoms with Crippen LogP contribution in [0.2, 0.25) is 0 Å². The van der Waals surface area contributed by atoms with Gasteiger partial charge in [0, 0.05) is 18.5 Å². The number of ether oxygens (including phenoxy) is 1. The van der Waals surface area contributed by atoms with Gasteiger partial charge in [0.1, 0.15) is 17.6 Å². The number of rotatable bonds is 3. The SMILES string of the molecule is COc1ccc(C(=O)NNC(=O)[C@@H]2CCC3=Nc4ccccc4CN32)cc1. The van der Waals surface area contributed by atoms with Crippen molar-refractivity contribution in [2.75, 3.05) is 7.11 Å². The van der Waals surface area contributed by atoms with E-state index in [-0.39, 0.29) is 17.9 Å². The zero-order chi connectivity index (χ0) is 18.8. The molecule has 7 heteroatoms. The average molecular weight is 364 g/mol. The van der Waals surface area contributed by atoms with E-state index in [0.717, 1.165) is 23.5 Å². The molecular weight excluding hydrogens is 344 g/mol. The number of nitrogens with one attached hydrogen (secondary N) is 2. The molecule has 0 bridgehead atoms. The summed E-state index contributed by atoms with van der Waals surface area (Å²) >= 11 is 0. The zero-order valence-corrected chi connectivity index (χ0v) is 14.9. The summed E-state index contributed by atoms with van der Waals surface area (Å²) in [6, 6.07) is 14.3. The first-order valence-corrected chi connectivity index (χ1v) is 8.82. The van der Waals surface area contributed by atoms with Gasteiger partial charge in [0.25, 0.3) is 11.8 Å². The first kappa shape index (κ1) is 17.1. The fraction of sp³-hybridized carbons (Fsp3) is 0.250. The van der Waals surface area contributed by atoms with Crippen molar-refractivity contribution in [2.24, 2.45) is 4.99 Å². The predicted octanol–water partition coefficient (Wildman–Crippen LogP) is 2.16. The molecule has 0 radical (unpaired) electrons. The van der Waals surface area contributed by atoms with Gasteiger partial charge in [0.15, 0.2) is 0 Å². The van der Waals surface area contributed by atoms with Crippen LogP contribution >= 0.6 is 0 Å². The van der Waals surface area contributed by atoms with Crippen molar-refractivity contribution in [1.82, 2.24) is 15.8 Å². The van der Waals surface area contributed by atoms with Crippen molar-refractivity contribution in [3.8, 4) is 5.75 Å². The van der Waals surface area contributed by atoms with Crippen LogP contribution < -0.4 is 15.6 Å². The lowest BCUT2D eigenvalue weighted by Crippen LogP contribution is -2.51. The molecule has 0 unspecified atom stereocenters. The Morgan fingerprint density at radius 3 is 2.67 bits per heavy atom. The van der Waals surface area contributed by atoms with Crippen LogP contribution in [-0.4, -0.2) is 35.7 Å². The maximum atomic E-state index is 12.6. The lowest BCUT2D eigenvalue weighted by molar-refractivity contribution is -0.125. The number of nitrogens with zero attached hydrogens (tertiary/aromatic N) is 2. The number of carbonyl (C=O) groups is 2. The molecule has 2 aliphatic rings. The Hall–Kier alpha value is -3.35. The van der Waals surface area contributed by atoms with Gasteiger partial charge in [0.2, 0.25) is 0 Å². The van der Waals surface area contributed by atoms with Crippen molar-refractivity contribution in [1.29, 1.82) is 0 Å². The summed E-state index contributed by atoms with van der Waals surface area (Å²) in [6.07, 6.45) is 1.43. The smallest absolute Gasteiger partial charge is 0.269 e. The zero-order valence-electron chi connectivity index (χ0n) is 14.9. The van der Waals surface area contributed by atoms with Crippen LogP contribution in [-0.2, 0) is 11.3 Å². The van der Waals surface area contributed by atoms with Crippen molar-refractivity contribution in [3.05, 3.63) is 59.7 Å². The van der Waals surface area contributed by atoms with Gasteiger partial charge in [-0.1, -0.05) is 18.2 Å². The standard InChI is InChI=1S/C20H20N4O3/c1-27-15-8-6-13(7-9-15)19(25)22-23-20(26)17-10-11-18-21-16-5-3-2-4-14(16)12-24(17)18/h2-9,17H,10-12H2,1H3,(H,22,25)(H,23,26)/t17-/m0/s1. The Morgan fingerprint density at radius 2 is 1.89 bits per heavy atom. The average Bonchev–Trinajstić information content (AvgIpc) is 3.13. The molecule has 2 aromatic rings. The first-order valence-electron chi connectivity index (χ1n) is 8.82. The summed E-state index contributed by atoms with van der Waals surface area (Å²) in [7, 11) is 1.56. The van der Waals surface area contributed by atoms with Gasteiger partial charge < -0.3 is 9.64 Å². The fourth-order valence-corrected chi connectivity index (χ4v) is 3.43. The van der Waals surface area contributed by atoms with E-state index >= 15 is 0 Å². The molecule has 0 aliphatic carbocycles. The summed E-state index contributed by atoms with van der Waals surface area (Å²) in [6.45, 7) is 0.652. The Morgan fingerprint density at radius 1 is 1.11 bits per heavy atom. The molecule has 2 aromatic carbocycles. The van der Waals surface area contributed by atoms with Gasteiger partial charge in [-0.05, 0) is 42.3 Å². The molecule has 0 spiro atoms. The summed E-state index contributed by atoms with van der Waals surface area (Å²) < 4.78 is 5.07. The summed E-state index contributed by atoms with van der Waals surface area (Å²) in [5.41, 5.74) is 7.54. The number of carbonyl (C=O) groups excluding carboxylic acids is 2. The molecule has 2 aliphatic heterocycles. The van der Waals surface area contributed by atoms with Crippen LogP contribution in [0.3, 0.4) is 0 Å². The van der Waals surface area contributed by atoms with Gasteiger partial charge in [-0.15, -0.1) is 0 Å². The molecule has 0 saturated carbocycles. The first-order chi connectivity index (χ1) is 13.2. The number of amidine groups is 1. The largest absolute Gasteiger partial charge is 0.497 e. The summed E-state index contributed by atoms with van der Waals surface area (Å²) in [5, 5.41) is 0. The molecule has 4 rings (SSSR count). The third kappa shape index (κ3) is 3.36. The second kappa shape index (κ2) is 7.11. The van der Waals surface area contributed by atoms with Gasteiger partial charge in [-0.2, -0.15) is 0 Å². The molecule has 1 atom stereocenters. The molecule has 1 saturated heterocycles. The monoisotopic (exact) mass is 364 g/mol. The van der Waals surface area contributed by atoms with Crippen molar-refractivity contribution in [2.45, 2.75) is 25.4 Å². The summed E-state index contributed by atoms with van der Waals surface area (Å²) in [4.78, 5) is 31.5. The maximum Gasteiger partial charge on any atom is 0.269 e. The highest BCUT2D eigenvalue weighted by atomic mass is 16.5.